The van der Waals surface area contributed by atoms with Crippen molar-refractivity contribution in [1.82, 2.24) is 0 Å². The summed E-state index contributed by atoms with van der Waals surface area (Å²) in [4.78, 5) is 26.6. The third kappa shape index (κ3) is 2.91. The highest BCUT2D eigenvalue weighted by atomic mass is 16.5. The summed E-state index contributed by atoms with van der Waals surface area (Å²) in [6, 6.07) is 18.8. The van der Waals surface area contributed by atoms with Crippen molar-refractivity contribution >= 4 is 12.3 Å². The third-order valence-electron chi connectivity index (χ3n) is 7.51. The fourth-order valence-electron chi connectivity index (χ4n) is 6.11. The Bertz CT molecular complexity index is 1310. The molecule has 2 N–H and O–H groups in total. The summed E-state index contributed by atoms with van der Waals surface area (Å²) in [6.45, 7) is 0. The van der Waals surface area contributed by atoms with Crippen molar-refractivity contribution < 1.29 is 38.7 Å². The van der Waals surface area contributed by atoms with E-state index in [4.69, 9.17) is 18.9 Å². The molecular formula is C28H26O8. The van der Waals surface area contributed by atoms with Gasteiger partial charge < -0.3 is 34.0 Å². The van der Waals surface area contributed by atoms with Crippen LogP contribution in [0.25, 0.3) is 0 Å². The van der Waals surface area contributed by atoms with E-state index in [2.05, 4.69) is 0 Å². The van der Waals surface area contributed by atoms with Gasteiger partial charge in [0.05, 0.1) is 38.9 Å². The molecule has 1 saturated carbocycles. The van der Waals surface area contributed by atoms with Gasteiger partial charge in [-0.1, -0.05) is 42.5 Å². The van der Waals surface area contributed by atoms with Crippen LogP contribution in [0.5, 0.6) is 23.0 Å². The van der Waals surface area contributed by atoms with Crippen molar-refractivity contribution in [2.75, 3.05) is 21.3 Å². The molecule has 5 rings (SSSR count). The summed E-state index contributed by atoms with van der Waals surface area (Å²) in [5.41, 5.74) is -1.91. The number of ether oxygens (including phenoxy) is 4. The molecule has 186 valence electrons. The Morgan fingerprint density at radius 1 is 1.00 bits per heavy atom. The van der Waals surface area contributed by atoms with E-state index in [-0.39, 0.29) is 22.8 Å². The SMILES string of the molecule is COC(=O)[C@H]1[C@@H](O)[C@@]2(C=O)c3c(OC)cc(O)cc3O[C@@]2(c2ccc(OC)cc2)[C@@H]1c1ccccc1. The summed E-state index contributed by atoms with van der Waals surface area (Å²) in [6.07, 6.45) is -0.916. The number of hydrogen-bond acceptors (Lipinski definition) is 8. The monoisotopic (exact) mass is 490 g/mol. The fourth-order valence-corrected chi connectivity index (χ4v) is 6.11. The normalized spacial score (nSPS) is 27.9. The van der Waals surface area contributed by atoms with Crippen molar-refractivity contribution in [2.24, 2.45) is 5.92 Å². The Kier molecular flexibility index (Phi) is 5.64. The Balaban J connectivity index is 1.92. The second-order valence-corrected chi connectivity index (χ2v) is 8.96. The van der Waals surface area contributed by atoms with Crippen LogP contribution in [-0.2, 0) is 25.3 Å². The molecule has 0 spiro atoms. The number of methoxy groups -OCH3 is 3. The van der Waals surface area contributed by atoms with Crippen molar-refractivity contribution in [3.63, 3.8) is 0 Å². The Hall–Kier alpha value is -4.04. The van der Waals surface area contributed by atoms with Crippen LogP contribution in [0.4, 0.5) is 0 Å². The lowest BCUT2D eigenvalue weighted by Gasteiger charge is -2.41. The largest absolute Gasteiger partial charge is 0.508 e. The predicted octanol–water partition coefficient (Wildman–Crippen LogP) is 3.08. The predicted molar refractivity (Wildman–Crippen MR) is 128 cm³/mol. The van der Waals surface area contributed by atoms with Crippen LogP contribution in [0, 0.1) is 5.92 Å². The van der Waals surface area contributed by atoms with E-state index in [1.165, 1.54) is 33.5 Å². The fraction of sp³-hybridized carbons (Fsp3) is 0.286. The van der Waals surface area contributed by atoms with Crippen LogP contribution < -0.4 is 14.2 Å². The van der Waals surface area contributed by atoms with Gasteiger partial charge in [-0.15, -0.1) is 0 Å². The molecule has 0 unspecified atom stereocenters. The lowest BCUT2D eigenvalue weighted by atomic mass is 9.64. The molecule has 5 atom stereocenters. The number of carbonyl (C=O) groups excluding carboxylic acids is 2. The molecule has 2 aliphatic rings. The first-order valence-electron chi connectivity index (χ1n) is 11.4. The number of aldehydes is 1. The van der Waals surface area contributed by atoms with E-state index in [0.29, 0.717) is 23.2 Å². The molecule has 3 aromatic rings. The summed E-state index contributed by atoms with van der Waals surface area (Å²) in [5, 5.41) is 22.3. The number of benzene rings is 3. The van der Waals surface area contributed by atoms with Crippen LogP contribution in [0.15, 0.2) is 66.7 Å². The zero-order valence-electron chi connectivity index (χ0n) is 20.0. The van der Waals surface area contributed by atoms with Crippen molar-refractivity contribution in [3.05, 3.63) is 83.4 Å². The molecule has 0 aromatic heterocycles. The van der Waals surface area contributed by atoms with Crippen LogP contribution in [0.1, 0.15) is 22.6 Å². The van der Waals surface area contributed by atoms with E-state index in [1.807, 2.05) is 30.3 Å². The maximum atomic E-state index is 13.3. The van der Waals surface area contributed by atoms with E-state index >= 15 is 0 Å². The first-order chi connectivity index (χ1) is 17.4. The zero-order chi connectivity index (χ0) is 25.7. The molecule has 0 saturated heterocycles. The molecule has 1 fully saturated rings. The van der Waals surface area contributed by atoms with E-state index in [0.717, 1.165) is 0 Å². The highest BCUT2D eigenvalue weighted by molar-refractivity contribution is 5.87. The lowest BCUT2D eigenvalue weighted by molar-refractivity contribution is -0.150. The summed E-state index contributed by atoms with van der Waals surface area (Å²) >= 11 is 0. The highest BCUT2D eigenvalue weighted by Gasteiger charge is 2.78. The molecule has 8 nitrogen and oxygen atoms in total. The highest BCUT2D eigenvalue weighted by Crippen LogP contribution is 2.70. The average molecular weight is 491 g/mol. The van der Waals surface area contributed by atoms with E-state index < -0.39 is 34.9 Å². The number of rotatable bonds is 6. The quantitative estimate of drug-likeness (QED) is 0.401. The van der Waals surface area contributed by atoms with Crippen LogP contribution in [0.3, 0.4) is 0 Å². The second-order valence-electron chi connectivity index (χ2n) is 8.96. The summed E-state index contributed by atoms with van der Waals surface area (Å²) in [5.74, 6) is -1.90. The Morgan fingerprint density at radius 3 is 2.28 bits per heavy atom. The molecule has 1 heterocycles. The van der Waals surface area contributed by atoms with Gasteiger partial charge in [0.2, 0.25) is 0 Å². The molecule has 8 heteroatoms. The number of aromatic hydroxyl groups is 1. The average Bonchev–Trinajstić information content (AvgIpc) is 3.33. The van der Waals surface area contributed by atoms with Gasteiger partial charge in [0.15, 0.2) is 5.60 Å². The smallest absolute Gasteiger partial charge is 0.312 e. The van der Waals surface area contributed by atoms with Gasteiger partial charge >= 0.3 is 5.97 Å². The van der Waals surface area contributed by atoms with Crippen LogP contribution in [0.2, 0.25) is 0 Å². The molecule has 1 aliphatic heterocycles. The van der Waals surface area contributed by atoms with Crippen molar-refractivity contribution in [1.29, 1.82) is 0 Å². The maximum Gasteiger partial charge on any atom is 0.312 e. The van der Waals surface area contributed by atoms with Gasteiger partial charge in [-0.3, -0.25) is 4.79 Å². The Morgan fingerprint density at radius 2 is 1.69 bits per heavy atom. The number of phenols is 1. The molecule has 3 aromatic carbocycles. The van der Waals surface area contributed by atoms with E-state index in [1.54, 1.807) is 24.3 Å². The number of phenolic OH excluding ortho intramolecular Hbond substituents is 1. The molecule has 36 heavy (non-hydrogen) atoms. The maximum absolute atomic E-state index is 13.3. The third-order valence-corrected chi connectivity index (χ3v) is 7.51. The standard InChI is InChI=1S/C28H26O8/c1-33-19-11-9-17(10-12-19)28-23(16-7-5-4-6-8-16)22(26(32)35-3)25(31)27(28,15-29)24-20(34-2)13-18(30)14-21(24)36-28/h4-15,22-23,25,30-31H,1-3H3/t22-,23-,25-,27-,28+/m1/s1. The number of carbonyl (C=O) groups is 2. The van der Waals surface area contributed by atoms with E-state index in [9.17, 15) is 19.8 Å². The number of aliphatic hydroxyl groups excluding tert-OH is 1. The second kappa shape index (κ2) is 8.57. The van der Waals surface area contributed by atoms with Gasteiger partial charge in [0.25, 0.3) is 0 Å². The molecule has 0 amide bonds. The molecular weight excluding hydrogens is 464 g/mol. The number of aliphatic hydroxyl groups is 1. The van der Waals surface area contributed by atoms with Gasteiger partial charge in [-0.2, -0.15) is 0 Å². The Labute approximate surface area is 208 Å². The first-order valence-corrected chi connectivity index (χ1v) is 11.4. The number of hydrogen-bond donors (Lipinski definition) is 2. The van der Waals surface area contributed by atoms with Gasteiger partial charge in [-0.25, -0.2) is 0 Å². The minimum absolute atomic E-state index is 0.133. The number of esters is 1. The van der Waals surface area contributed by atoms with Crippen molar-refractivity contribution in [2.45, 2.75) is 23.0 Å². The van der Waals surface area contributed by atoms with Crippen LogP contribution >= 0.6 is 0 Å². The van der Waals surface area contributed by atoms with Gasteiger partial charge in [-0.05, 0) is 23.3 Å². The topological polar surface area (TPSA) is 112 Å². The first kappa shape index (κ1) is 23.7. The summed E-state index contributed by atoms with van der Waals surface area (Å²) in [7, 11) is 4.18. The minimum atomic E-state index is -1.78. The lowest BCUT2D eigenvalue weighted by Crippen LogP contribution is -2.53. The van der Waals surface area contributed by atoms with Crippen LogP contribution in [-0.4, -0.2) is 49.9 Å². The van der Waals surface area contributed by atoms with Gasteiger partial charge in [0.1, 0.15) is 34.7 Å². The molecule has 0 bridgehead atoms. The zero-order valence-corrected chi connectivity index (χ0v) is 20.0. The minimum Gasteiger partial charge on any atom is -0.508 e. The number of fused-ring (bicyclic) bond motifs is 3. The van der Waals surface area contributed by atoms with Gasteiger partial charge in [0, 0.05) is 18.1 Å². The van der Waals surface area contributed by atoms with Crippen molar-refractivity contribution in [3.8, 4) is 23.0 Å². The summed E-state index contributed by atoms with van der Waals surface area (Å²) < 4.78 is 22.7. The molecule has 0 radical (unpaired) electrons. The molecule has 1 aliphatic carbocycles.